The average Bonchev–Trinajstić information content (AvgIpc) is 3.00. The molecule has 0 radical (unpaired) electrons. The van der Waals surface area contributed by atoms with Gasteiger partial charge in [-0.05, 0) is 24.2 Å². The SMILES string of the molecule is COCCN(CC(CBr)C(C)(C)C)C1CC1. The van der Waals surface area contributed by atoms with Crippen molar-refractivity contribution in [3.05, 3.63) is 0 Å². The molecule has 0 aliphatic heterocycles. The molecule has 0 spiro atoms. The van der Waals surface area contributed by atoms with Gasteiger partial charge in [-0.15, -0.1) is 0 Å². The summed E-state index contributed by atoms with van der Waals surface area (Å²) < 4.78 is 5.20. The number of nitrogens with zero attached hydrogens (tertiary/aromatic N) is 1. The van der Waals surface area contributed by atoms with E-state index in [1.165, 1.54) is 19.4 Å². The summed E-state index contributed by atoms with van der Waals surface area (Å²) in [7, 11) is 1.79. The van der Waals surface area contributed by atoms with Gasteiger partial charge in [0.05, 0.1) is 6.61 Å². The standard InChI is InChI=1S/C13H26BrNO/c1-13(2,3)11(9-14)10-15(7-8-16-4)12-5-6-12/h11-12H,5-10H2,1-4H3. The van der Waals surface area contributed by atoms with Gasteiger partial charge in [-0.3, -0.25) is 4.90 Å². The van der Waals surface area contributed by atoms with Crippen LogP contribution < -0.4 is 0 Å². The number of ether oxygens (including phenoxy) is 1. The van der Waals surface area contributed by atoms with Gasteiger partial charge in [0.25, 0.3) is 0 Å². The Bertz CT molecular complexity index is 199. The number of rotatable bonds is 7. The van der Waals surface area contributed by atoms with Crippen LogP contribution in [0.2, 0.25) is 0 Å². The zero-order valence-electron chi connectivity index (χ0n) is 11.1. The molecule has 96 valence electrons. The van der Waals surface area contributed by atoms with E-state index in [1.807, 2.05) is 0 Å². The second kappa shape index (κ2) is 6.36. The molecule has 0 saturated heterocycles. The Kier molecular flexibility index (Phi) is 5.75. The van der Waals surface area contributed by atoms with Crippen LogP contribution in [0.25, 0.3) is 0 Å². The molecular formula is C13H26BrNO. The lowest BCUT2D eigenvalue weighted by molar-refractivity contribution is 0.112. The fourth-order valence-electron chi connectivity index (χ4n) is 1.91. The maximum absolute atomic E-state index is 5.20. The minimum Gasteiger partial charge on any atom is -0.383 e. The topological polar surface area (TPSA) is 12.5 Å². The minimum atomic E-state index is 0.379. The molecular weight excluding hydrogens is 266 g/mol. The van der Waals surface area contributed by atoms with E-state index in [-0.39, 0.29) is 0 Å². The lowest BCUT2D eigenvalue weighted by atomic mass is 9.81. The first-order valence-corrected chi connectivity index (χ1v) is 7.40. The zero-order valence-corrected chi connectivity index (χ0v) is 12.7. The molecule has 0 amide bonds. The molecule has 0 aromatic carbocycles. The third kappa shape index (κ3) is 4.72. The number of methoxy groups -OCH3 is 1. The van der Waals surface area contributed by atoms with Crippen LogP contribution in [0.3, 0.4) is 0 Å². The fraction of sp³-hybridized carbons (Fsp3) is 1.00. The van der Waals surface area contributed by atoms with E-state index in [1.54, 1.807) is 7.11 Å². The predicted octanol–water partition coefficient (Wildman–Crippen LogP) is 3.15. The summed E-state index contributed by atoms with van der Waals surface area (Å²) in [6, 6.07) is 0.832. The van der Waals surface area contributed by atoms with Crippen molar-refractivity contribution in [2.75, 3.05) is 32.1 Å². The molecule has 0 heterocycles. The van der Waals surface area contributed by atoms with Crippen molar-refractivity contribution in [2.24, 2.45) is 11.3 Å². The number of hydrogen-bond acceptors (Lipinski definition) is 2. The van der Waals surface area contributed by atoms with Crippen LogP contribution in [0.15, 0.2) is 0 Å². The summed E-state index contributed by atoms with van der Waals surface area (Å²) in [4.78, 5) is 2.61. The van der Waals surface area contributed by atoms with Crippen molar-refractivity contribution in [3.8, 4) is 0 Å². The van der Waals surface area contributed by atoms with E-state index in [9.17, 15) is 0 Å². The average molecular weight is 292 g/mol. The first kappa shape index (κ1) is 14.5. The van der Waals surface area contributed by atoms with Crippen LogP contribution in [0.5, 0.6) is 0 Å². The molecule has 1 rings (SSSR count). The highest BCUT2D eigenvalue weighted by molar-refractivity contribution is 9.09. The van der Waals surface area contributed by atoms with E-state index in [0.717, 1.165) is 24.5 Å². The van der Waals surface area contributed by atoms with Gasteiger partial charge in [0.1, 0.15) is 0 Å². The lowest BCUT2D eigenvalue weighted by Crippen LogP contribution is -2.39. The smallest absolute Gasteiger partial charge is 0.0589 e. The van der Waals surface area contributed by atoms with E-state index in [4.69, 9.17) is 4.74 Å². The molecule has 16 heavy (non-hydrogen) atoms. The molecule has 1 saturated carbocycles. The Balaban J connectivity index is 2.45. The fourth-order valence-corrected chi connectivity index (χ4v) is 3.08. The van der Waals surface area contributed by atoms with Crippen molar-refractivity contribution in [1.29, 1.82) is 0 Å². The van der Waals surface area contributed by atoms with Crippen LogP contribution in [-0.2, 0) is 4.74 Å². The second-order valence-corrected chi connectivity index (χ2v) is 6.58. The van der Waals surface area contributed by atoms with Gasteiger partial charge >= 0.3 is 0 Å². The number of halogens is 1. The maximum Gasteiger partial charge on any atom is 0.0589 e. The Morgan fingerprint density at radius 3 is 2.38 bits per heavy atom. The highest BCUT2D eigenvalue weighted by Gasteiger charge is 2.33. The van der Waals surface area contributed by atoms with E-state index in [2.05, 4.69) is 41.6 Å². The van der Waals surface area contributed by atoms with E-state index >= 15 is 0 Å². The second-order valence-electron chi connectivity index (χ2n) is 5.94. The highest BCUT2D eigenvalue weighted by Crippen LogP contribution is 2.33. The normalized spacial score (nSPS) is 19.1. The maximum atomic E-state index is 5.20. The Morgan fingerprint density at radius 2 is 2.00 bits per heavy atom. The molecule has 0 aromatic rings. The Morgan fingerprint density at radius 1 is 1.38 bits per heavy atom. The van der Waals surface area contributed by atoms with Crippen molar-refractivity contribution in [1.82, 2.24) is 4.90 Å². The van der Waals surface area contributed by atoms with E-state index < -0.39 is 0 Å². The predicted molar refractivity (Wildman–Crippen MR) is 73.2 cm³/mol. The molecule has 1 fully saturated rings. The van der Waals surface area contributed by atoms with Gasteiger partial charge in [0, 0.05) is 31.6 Å². The summed E-state index contributed by atoms with van der Waals surface area (Å²) >= 11 is 3.66. The van der Waals surface area contributed by atoms with Crippen LogP contribution in [0.4, 0.5) is 0 Å². The molecule has 3 heteroatoms. The Labute approximate surface area is 109 Å². The molecule has 0 N–H and O–H groups in total. The lowest BCUT2D eigenvalue weighted by Gasteiger charge is -2.34. The zero-order chi connectivity index (χ0) is 12.2. The van der Waals surface area contributed by atoms with E-state index in [0.29, 0.717) is 11.3 Å². The third-order valence-corrected chi connectivity index (χ3v) is 4.29. The van der Waals surface area contributed by atoms with Crippen LogP contribution >= 0.6 is 15.9 Å². The molecule has 1 aliphatic carbocycles. The van der Waals surface area contributed by atoms with Crippen molar-refractivity contribution in [2.45, 2.75) is 39.7 Å². The quantitative estimate of drug-likeness (QED) is 0.668. The number of alkyl halides is 1. The highest BCUT2D eigenvalue weighted by atomic mass is 79.9. The summed E-state index contributed by atoms with van der Waals surface area (Å²) in [5.41, 5.74) is 0.379. The number of hydrogen-bond donors (Lipinski definition) is 0. The van der Waals surface area contributed by atoms with Crippen molar-refractivity contribution < 1.29 is 4.74 Å². The monoisotopic (exact) mass is 291 g/mol. The summed E-state index contributed by atoms with van der Waals surface area (Å²) in [5, 5.41) is 1.09. The first-order chi connectivity index (χ1) is 7.49. The van der Waals surface area contributed by atoms with Gasteiger partial charge in [-0.25, -0.2) is 0 Å². The van der Waals surface area contributed by atoms with Gasteiger partial charge < -0.3 is 4.74 Å². The first-order valence-electron chi connectivity index (χ1n) is 6.28. The summed E-state index contributed by atoms with van der Waals surface area (Å²) in [6.07, 6.45) is 2.76. The van der Waals surface area contributed by atoms with Gasteiger partial charge in [-0.2, -0.15) is 0 Å². The molecule has 1 aliphatic rings. The molecule has 1 unspecified atom stereocenters. The van der Waals surface area contributed by atoms with Crippen molar-refractivity contribution in [3.63, 3.8) is 0 Å². The minimum absolute atomic E-state index is 0.379. The summed E-state index contributed by atoms with van der Waals surface area (Å²) in [6.45, 7) is 10.1. The molecule has 2 nitrogen and oxygen atoms in total. The summed E-state index contributed by atoms with van der Waals surface area (Å²) in [5.74, 6) is 0.713. The molecule has 1 atom stereocenters. The van der Waals surface area contributed by atoms with Gasteiger partial charge in [0.15, 0.2) is 0 Å². The van der Waals surface area contributed by atoms with Gasteiger partial charge in [0.2, 0.25) is 0 Å². The van der Waals surface area contributed by atoms with Gasteiger partial charge in [-0.1, -0.05) is 36.7 Å². The van der Waals surface area contributed by atoms with Crippen LogP contribution in [0, 0.1) is 11.3 Å². The largest absolute Gasteiger partial charge is 0.383 e. The van der Waals surface area contributed by atoms with Crippen LogP contribution in [0.1, 0.15) is 33.6 Å². The molecule has 0 aromatic heterocycles. The molecule has 0 bridgehead atoms. The Hall–Kier alpha value is 0.400. The third-order valence-electron chi connectivity index (χ3n) is 3.51. The van der Waals surface area contributed by atoms with Crippen LogP contribution in [-0.4, -0.2) is 43.1 Å². The van der Waals surface area contributed by atoms with Crippen molar-refractivity contribution >= 4 is 15.9 Å².